The first-order chi connectivity index (χ1) is 11.1. The summed E-state index contributed by atoms with van der Waals surface area (Å²) in [5, 5.41) is 10.4. The maximum atomic E-state index is 13.9. The zero-order chi connectivity index (χ0) is 16.0. The third-order valence-electron chi connectivity index (χ3n) is 4.15. The van der Waals surface area contributed by atoms with E-state index >= 15 is 0 Å². The summed E-state index contributed by atoms with van der Waals surface area (Å²) in [6.07, 6.45) is 0. The molecule has 0 spiro atoms. The Labute approximate surface area is 131 Å². The molecule has 0 bridgehead atoms. The molecule has 1 fully saturated rings. The zero-order valence-electron chi connectivity index (χ0n) is 12.1. The monoisotopic (exact) mass is 313 g/mol. The molecule has 0 saturated carbocycles. The average molecular weight is 313 g/mol. The van der Waals surface area contributed by atoms with Crippen molar-refractivity contribution in [1.82, 2.24) is 4.98 Å². The van der Waals surface area contributed by atoms with E-state index < -0.39 is 17.2 Å². The van der Waals surface area contributed by atoms with Crippen LogP contribution in [0.1, 0.15) is 5.56 Å². The number of hydrogen-bond donors (Lipinski definition) is 1. The van der Waals surface area contributed by atoms with Gasteiger partial charge in [0.1, 0.15) is 22.8 Å². The minimum atomic E-state index is -0.926. The molecule has 23 heavy (non-hydrogen) atoms. The molecule has 0 atom stereocenters. The van der Waals surface area contributed by atoms with E-state index in [2.05, 4.69) is 4.98 Å². The standard InChI is InChI=1S/C18H13F2NO2/c19-14-6-7-15(20)17-13(14)5-8-16(21-17)11-1-3-12(4-2-11)18(22)9-23-10-18/h1-8,22H,9-10H2. The molecule has 3 nitrogen and oxygen atoms in total. The number of nitrogens with zero attached hydrogens (tertiary/aromatic N) is 1. The topological polar surface area (TPSA) is 42.4 Å². The second-order valence-corrected chi connectivity index (χ2v) is 5.72. The van der Waals surface area contributed by atoms with Gasteiger partial charge >= 0.3 is 0 Å². The van der Waals surface area contributed by atoms with E-state index in [1.54, 1.807) is 30.3 Å². The lowest BCUT2D eigenvalue weighted by Crippen LogP contribution is -2.46. The third kappa shape index (κ3) is 2.29. The Morgan fingerprint density at radius 2 is 1.61 bits per heavy atom. The van der Waals surface area contributed by atoms with Gasteiger partial charge in [0.15, 0.2) is 0 Å². The minimum absolute atomic E-state index is 0.0117. The molecule has 1 saturated heterocycles. The molecule has 1 aliphatic rings. The fourth-order valence-electron chi connectivity index (χ4n) is 2.72. The van der Waals surface area contributed by atoms with E-state index in [-0.39, 0.29) is 24.1 Å². The number of halogens is 2. The number of rotatable bonds is 2. The maximum absolute atomic E-state index is 13.9. The van der Waals surface area contributed by atoms with Gasteiger partial charge in [0, 0.05) is 10.9 Å². The smallest absolute Gasteiger partial charge is 0.149 e. The first kappa shape index (κ1) is 14.2. The molecule has 2 aromatic carbocycles. The summed E-state index contributed by atoms with van der Waals surface area (Å²) in [5.74, 6) is -1.05. The fourth-order valence-corrected chi connectivity index (χ4v) is 2.72. The Kier molecular flexibility index (Phi) is 3.14. The van der Waals surface area contributed by atoms with E-state index in [9.17, 15) is 13.9 Å². The van der Waals surface area contributed by atoms with E-state index in [1.165, 1.54) is 6.07 Å². The van der Waals surface area contributed by atoms with Crippen LogP contribution in [0.25, 0.3) is 22.2 Å². The van der Waals surface area contributed by atoms with Gasteiger partial charge in [-0.25, -0.2) is 13.8 Å². The van der Waals surface area contributed by atoms with Crippen LogP contribution in [0.4, 0.5) is 8.78 Å². The van der Waals surface area contributed by atoms with Crippen molar-refractivity contribution in [1.29, 1.82) is 0 Å². The minimum Gasteiger partial charge on any atom is -0.380 e. The van der Waals surface area contributed by atoms with Crippen LogP contribution in [0.3, 0.4) is 0 Å². The molecule has 2 heterocycles. The highest BCUT2D eigenvalue weighted by atomic mass is 19.1. The van der Waals surface area contributed by atoms with E-state index in [4.69, 9.17) is 4.74 Å². The van der Waals surface area contributed by atoms with Crippen LogP contribution in [0, 0.1) is 11.6 Å². The lowest BCUT2D eigenvalue weighted by Gasteiger charge is -2.36. The zero-order valence-corrected chi connectivity index (χ0v) is 12.1. The van der Waals surface area contributed by atoms with Crippen molar-refractivity contribution < 1.29 is 18.6 Å². The predicted molar refractivity (Wildman–Crippen MR) is 81.8 cm³/mol. The largest absolute Gasteiger partial charge is 0.380 e. The van der Waals surface area contributed by atoms with Gasteiger partial charge in [0.25, 0.3) is 0 Å². The van der Waals surface area contributed by atoms with Crippen LogP contribution in [0.2, 0.25) is 0 Å². The van der Waals surface area contributed by atoms with E-state index in [0.717, 1.165) is 23.3 Å². The Morgan fingerprint density at radius 1 is 0.913 bits per heavy atom. The first-order valence-electron chi connectivity index (χ1n) is 7.23. The normalized spacial score (nSPS) is 16.3. The molecule has 0 amide bonds. The number of fused-ring (bicyclic) bond motifs is 1. The van der Waals surface area contributed by atoms with Gasteiger partial charge in [-0.05, 0) is 29.8 Å². The molecule has 1 aromatic heterocycles. The van der Waals surface area contributed by atoms with Crippen LogP contribution in [0.5, 0.6) is 0 Å². The van der Waals surface area contributed by atoms with Crippen LogP contribution in [0.15, 0.2) is 48.5 Å². The molecule has 0 unspecified atom stereocenters. The van der Waals surface area contributed by atoms with Gasteiger partial charge in [-0.1, -0.05) is 24.3 Å². The van der Waals surface area contributed by atoms with Crippen LogP contribution < -0.4 is 0 Å². The number of pyridine rings is 1. The van der Waals surface area contributed by atoms with Crippen molar-refractivity contribution in [2.45, 2.75) is 5.60 Å². The van der Waals surface area contributed by atoms with Gasteiger partial charge in [-0.15, -0.1) is 0 Å². The van der Waals surface area contributed by atoms with Crippen molar-refractivity contribution in [2.24, 2.45) is 0 Å². The Hall–Kier alpha value is -2.37. The molecule has 4 rings (SSSR count). The first-order valence-corrected chi connectivity index (χ1v) is 7.23. The molecule has 0 aliphatic carbocycles. The van der Waals surface area contributed by atoms with Crippen molar-refractivity contribution in [2.75, 3.05) is 13.2 Å². The summed E-state index contributed by atoms with van der Waals surface area (Å²) < 4.78 is 32.6. The Morgan fingerprint density at radius 3 is 2.26 bits per heavy atom. The number of ether oxygens (including phenoxy) is 1. The Bertz CT molecular complexity index is 889. The fraction of sp³-hybridized carbons (Fsp3) is 0.167. The third-order valence-corrected chi connectivity index (χ3v) is 4.15. The van der Waals surface area contributed by atoms with Crippen LogP contribution >= 0.6 is 0 Å². The quantitative estimate of drug-likeness (QED) is 0.788. The summed E-state index contributed by atoms with van der Waals surface area (Å²) in [5.41, 5.74) is 1.17. The molecule has 5 heteroatoms. The second-order valence-electron chi connectivity index (χ2n) is 5.72. The van der Waals surface area contributed by atoms with Gasteiger partial charge in [-0.3, -0.25) is 0 Å². The number of benzene rings is 2. The van der Waals surface area contributed by atoms with Crippen molar-refractivity contribution >= 4 is 10.9 Å². The number of aromatic nitrogens is 1. The molecule has 0 radical (unpaired) electrons. The van der Waals surface area contributed by atoms with Crippen LogP contribution in [-0.4, -0.2) is 23.3 Å². The highest BCUT2D eigenvalue weighted by Gasteiger charge is 2.37. The summed E-state index contributed by atoms with van der Waals surface area (Å²) in [6, 6.07) is 12.5. The summed E-state index contributed by atoms with van der Waals surface area (Å²) in [4.78, 5) is 4.23. The molecular formula is C18H13F2NO2. The molecular weight excluding hydrogens is 300 g/mol. The molecule has 1 aliphatic heterocycles. The SMILES string of the molecule is OC1(c2ccc(-c3ccc4c(F)ccc(F)c4n3)cc2)COC1. The highest BCUT2D eigenvalue weighted by Crippen LogP contribution is 2.31. The molecule has 116 valence electrons. The number of hydrogen-bond acceptors (Lipinski definition) is 3. The molecule has 3 aromatic rings. The van der Waals surface area contributed by atoms with Crippen molar-refractivity contribution in [3.8, 4) is 11.3 Å². The van der Waals surface area contributed by atoms with Crippen molar-refractivity contribution in [3.05, 3.63) is 65.7 Å². The summed E-state index contributed by atoms with van der Waals surface area (Å²) >= 11 is 0. The average Bonchev–Trinajstić information content (AvgIpc) is 2.56. The van der Waals surface area contributed by atoms with Crippen molar-refractivity contribution in [3.63, 3.8) is 0 Å². The second kappa shape index (κ2) is 5.08. The van der Waals surface area contributed by atoms with Crippen LogP contribution in [-0.2, 0) is 10.3 Å². The predicted octanol–water partition coefficient (Wildman–Crippen LogP) is 3.40. The molecule has 1 N–H and O–H groups in total. The van der Waals surface area contributed by atoms with Gasteiger partial charge < -0.3 is 9.84 Å². The van der Waals surface area contributed by atoms with Gasteiger partial charge in [-0.2, -0.15) is 0 Å². The maximum Gasteiger partial charge on any atom is 0.149 e. The highest BCUT2D eigenvalue weighted by molar-refractivity contribution is 5.82. The summed E-state index contributed by atoms with van der Waals surface area (Å²) in [7, 11) is 0. The Balaban J connectivity index is 1.75. The van der Waals surface area contributed by atoms with E-state index in [1.807, 2.05) is 0 Å². The summed E-state index contributed by atoms with van der Waals surface area (Å²) in [6.45, 7) is 0.566. The van der Waals surface area contributed by atoms with Gasteiger partial charge in [0.05, 0.1) is 18.9 Å². The van der Waals surface area contributed by atoms with Gasteiger partial charge in [0.2, 0.25) is 0 Å². The lowest BCUT2D eigenvalue weighted by atomic mass is 9.91. The number of aliphatic hydroxyl groups is 1. The van der Waals surface area contributed by atoms with E-state index in [0.29, 0.717) is 5.69 Å². The lowest BCUT2D eigenvalue weighted by molar-refractivity contribution is -0.184.